The third-order valence-corrected chi connectivity index (χ3v) is 5.33. The molecule has 2 aliphatic rings. The fraction of sp³-hybridized carbons (Fsp3) is 0.600. The van der Waals surface area contributed by atoms with E-state index < -0.39 is 5.60 Å². The molecule has 3 unspecified atom stereocenters. The van der Waals surface area contributed by atoms with Gasteiger partial charge in [-0.25, -0.2) is 0 Å². The average molecular weight is 344 g/mol. The number of amides is 1. The van der Waals surface area contributed by atoms with Gasteiger partial charge < -0.3 is 10.1 Å². The van der Waals surface area contributed by atoms with Gasteiger partial charge in [-0.2, -0.15) is 0 Å². The Labute approximate surface area is 149 Å². The lowest BCUT2D eigenvalue weighted by atomic mass is 9.75. The van der Waals surface area contributed by atoms with Crippen LogP contribution in [-0.2, 0) is 20.7 Å². The molecule has 3 atom stereocenters. The number of nitrogens with zero attached hydrogens (tertiary/aromatic N) is 1. The van der Waals surface area contributed by atoms with E-state index in [9.17, 15) is 9.59 Å². The van der Waals surface area contributed by atoms with E-state index in [0.29, 0.717) is 6.54 Å². The van der Waals surface area contributed by atoms with Crippen LogP contribution >= 0.6 is 0 Å². The van der Waals surface area contributed by atoms with Gasteiger partial charge in [-0.05, 0) is 44.4 Å². The maximum atomic E-state index is 12.8. The summed E-state index contributed by atoms with van der Waals surface area (Å²) >= 11 is 0. The van der Waals surface area contributed by atoms with Gasteiger partial charge in [-0.15, -0.1) is 0 Å². The van der Waals surface area contributed by atoms with Crippen LogP contribution in [0.1, 0.15) is 51.3 Å². The molecule has 0 spiro atoms. The van der Waals surface area contributed by atoms with Crippen molar-refractivity contribution in [2.45, 2.75) is 58.2 Å². The molecule has 3 rings (SSSR count). The number of rotatable bonds is 3. The Morgan fingerprint density at radius 2 is 2.08 bits per heavy atom. The number of hydrogen-bond donors (Lipinski definition) is 1. The molecule has 5 nitrogen and oxygen atoms in total. The zero-order valence-electron chi connectivity index (χ0n) is 15.5. The van der Waals surface area contributed by atoms with E-state index in [1.54, 1.807) is 0 Å². The molecule has 0 bridgehead atoms. The minimum atomic E-state index is -0.473. The fourth-order valence-electron chi connectivity index (χ4n) is 4.38. The zero-order chi connectivity index (χ0) is 18.2. The van der Waals surface area contributed by atoms with Crippen molar-refractivity contribution in [3.8, 4) is 0 Å². The summed E-state index contributed by atoms with van der Waals surface area (Å²) in [4.78, 5) is 26.9. The van der Waals surface area contributed by atoms with Crippen LogP contribution in [0.3, 0.4) is 0 Å². The summed E-state index contributed by atoms with van der Waals surface area (Å²) in [7, 11) is 0. The largest absolute Gasteiger partial charge is 0.457 e. The van der Waals surface area contributed by atoms with Gasteiger partial charge in [0.1, 0.15) is 11.6 Å². The summed E-state index contributed by atoms with van der Waals surface area (Å²) in [5, 5.41) is 3.10. The first-order valence-electron chi connectivity index (χ1n) is 9.14. The number of carbonyl (C=O) groups excluding carboxylic acids is 2. The summed E-state index contributed by atoms with van der Waals surface area (Å²) in [6.45, 7) is 9.01. The molecule has 136 valence electrons. The fourth-order valence-corrected chi connectivity index (χ4v) is 4.38. The first-order chi connectivity index (χ1) is 11.8. The molecule has 1 heterocycles. The number of cyclic esters (lactones) is 1. The number of morpholine rings is 1. The predicted octanol–water partition coefficient (Wildman–Crippen LogP) is 2.45. The summed E-state index contributed by atoms with van der Waals surface area (Å²) in [6.07, 6.45) is 1.78. The van der Waals surface area contributed by atoms with Crippen molar-refractivity contribution in [3.63, 3.8) is 0 Å². The molecule has 25 heavy (non-hydrogen) atoms. The van der Waals surface area contributed by atoms with Crippen LogP contribution in [0.4, 0.5) is 0 Å². The van der Waals surface area contributed by atoms with E-state index in [1.165, 1.54) is 12.5 Å². The highest BCUT2D eigenvalue weighted by Gasteiger charge is 2.47. The van der Waals surface area contributed by atoms with Crippen molar-refractivity contribution in [2.24, 2.45) is 5.92 Å². The number of benzene rings is 1. The molecule has 1 aromatic carbocycles. The van der Waals surface area contributed by atoms with Gasteiger partial charge in [0.05, 0.1) is 6.04 Å². The predicted molar refractivity (Wildman–Crippen MR) is 96.0 cm³/mol. The minimum absolute atomic E-state index is 0.0161. The zero-order valence-corrected chi connectivity index (χ0v) is 15.5. The highest BCUT2D eigenvalue weighted by molar-refractivity contribution is 5.78. The Kier molecular flexibility index (Phi) is 4.87. The molecule has 1 aromatic rings. The number of ether oxygens (including phenoxy) is 1. The highest BCUT2D eigenvalue weighted by atomic mass is 16.6. The SMILES string of the molecule is CCN1CC(C)(C)OC(=O)C1C1CCc2ccccc2C1NC(C)=O. The van der Waals surface area contributed by atoms with Crippen LogP contribution in [-0.4, -0.2) is 41.5 Å². The van der Waals surface area contributed by atoms with Crippen LogP contribution in [0, 0.1) is 5.92 Å². The molecule has 1 amide bonds. The van der Waals surface area contributed by atoms with E-state index in [-0.39, 0.29) is 29.9 Å². The number of fused-ring (bicyclic) bond motifs is 1. The summed E-state index contributed by atoms with van der Waals surface area (Å²) in [5.74, 6) is -0.223. The monoisotopic (exact) mass is 344 g/mol. The molecule has 1 aliphatic heterocycles. The van der Waals surface area contributed by atoms with Crippen molar-refractivity contribution in [1.29, 1.82) is 0 Å². The number of nitrogens with one attached hydrogen (secondary N) is 1. The lowest BCUT2D eigenvalue weighted by Gasteiger charge is -2.47. The highest BCUT2D eigenvalue weighted by Crippen LogP contribution is 2.40. The van der Waals surface area contributed by atoms with Gasteiger partial charge >= 0.3 is 5.97 Å². The number of likely N-dealkylation sites (N-methyl/N-ethyl adjacent to an activating group) is 1. The lowest BCUT2D eigenvalue weighted by molar-refractivity contribution is -0.182. The normalized spacial score (nSPS) is 28.8. The number of esters is 1. The maximum absolute atomic E-state index is 12.8. The Morgan fingerprint density at radius 3 is 2.76 bits per heavy atom. The van der Waals surface area contributed by atoms with Crippen molar-refractivity contribution in [3.05, 3.63) is 35.4 Å². The van der Waals surface area contributed by atoms with E-state index in [4.69, 9.17) is 4.74 Å². The van der Waals surface area contributed by atoms with Gasteiger partial charge in [-0.1, -0.05) is 31.2 Å². The van der Waals surface area contributed by atoms with E-state index in [1.807, 2.05) is 26.0 Å². The summed E-state index contributed by atoms with van der Waals surface area (Å²) < 4.78 is 5.72. The van der Waals surface area contributed by atoms with Crippen LogP contribution in [0.5, 0.6) is 0 Å². The van der Waals surface area contributed by atoms with E-state index in [0.717, 1.165) is 24.9 Å². The average Bonchev–Trinajstić information content (AvgIpc) is 2.54. The van der Waals surface area contributed by atoms with Crippen molar-refractivity contribution < 1.29 is 14.3 Å². The van der Waals surface area contributed by atoms with Gasteiger partial charge in [0.15, 0.2) is 0 Å². The molecule has 5 heteroatoms. The Balaban J connectivity index is 1.96. The second-order valence-electron chi connectivity index (χ2n) is 7.77. The molecule has 1 N–H and O–H groups in total. The number of hydrogen-bond acceptors (Lipinski definition) is 4. The molecule has 0 radical (unpaired) electrons. The van der Waals surface area contributed by atoms with Gasteiger partial charge in [0.25, 0.3) is 0 Å². The molecule has 1 aliphatic carbocycles. The standard InChI is InChI=1S/C20H28N2O3/c1-5-22-12-20(3,4)25-19(24)18(22)16-11-10-14-8-6-7-9-15(14)17(16)21-13(2)23/h6-9,16-18H,5,10-12H2,1-4H3,(H,21,23). The molecule has 1 saturated heterocycles. The van der Waals surface area contributed by atoms with Crippen LogP contribution in [0.25, 0.3) is 0 Å². The van der Waals surface area contributed by atoms with E-state index in [2.05, 4.69) is 29.3 Å². The summed E-state index contributed by atoms with van der Waals surface area (Å²) in [6, 6.07) is 7.73. The number of aryl methyl sites for hydroxylation is 1. The van der Waals surface area contributed by atoms with Crippen molar-refractivity contribution in [1.82, 2.24) is 10.2 Å². The first-order valence-corrected chi connectivity index (χ1v) is 9.14. The Morgan fingerprint density at radius 1 is 1.36 bits per heavy atom. The molecule has 0 saturated carbocycles. The van der Waals surface area contributed by atoms with Gasteiger partial charge in [0, 0.05) is 19.4 Å². The minimum Gasteiger partial charge on any atom is -0.457 e. The third kappa shape index (κ3) is 3.56. The van der Waals surface area contributed by atoms with Crippen LogP contribution in [0.15, 0.2) is 24.3 Å². The van der Waals surface area contributed by atoms with Crippen LogP contribution < -0.4 is 5.32 Å². The first kappa shape index (κ1) is 17.9. The quantitative estimate of drug-likeness (QED) is 0.856. The topological polar surface area (TPSA) is 58.6 Å². The van der Waals surface area contributed by atoms with E-state index >= 15 is 0 Å². The molecule has 1 fully saturated rings. The smallest absolute Gasteiger partial charge is 0.324 e. The second kappa shape index (κ2) is 6.79. The molecular weight excluding hydrogens is 316 g/mol. The van der Waals surface area contributed by atoms with Crippen molar-refractivity contribution >= 4 is 11.9 Å². The third-order valence-electron chi connectivity index (χ3n) is 5.33. The van der Waals surface area contributed by atoms with Gasteiger partial charge in [-0.3, -0.25) is 14.5 Å². The Hall–Kier alpha value is -1.88. The number of carbonyl (C=O) groups is 2. The van der Waals surface area contributed by atoms with Crippen LogP contribution in [0.2, 0.25) is 0 Å². The maximum Gasteiger partial charge on any atom is 0.324 e. The lowest BCUT2D eigenvalue weighted by Crippen LogP contribution is -2.61. The summed E-state index contributed by atoms with van der Waals surface area (Å²) in [5.41, 5.74) is 1.91. The Bertz CT molecular complexity index is 671. The van der Waals surface area contributed by atoms with Crippen molar-refractivity contribution in [2.75, 3.05) is 13.1 Å². The second-order valence-corrected chi connectivity index (χ2v) is 7.77. The molecular formula is C20H28N2O3. The molecule has 0 aromatic heterocycles. The van der Waals surface area contributed by atoms with Gasteiger partial charge in [0.2, 0.25) is 5.91 Å².